The van der Waals surface area contributed by atoms with E-state index in [2.05, 4.69) is 13.8 Å². The Morgan fingerprint density at radius 3 is 0.913 bits per heavy atom. The molecule has 0 aliphatic heterocycles. The molecule has 0 aromatic heterocycles. The van der Waals surface area contributed by atoms with Crippen molar-refractivity contribution in [3.63, 3.8) is 0 Å². The van der Waals surface area contributed by atoms with Crippen molar-refractivity contribution in [1.29, 1.82) is 0 Å². The summed E-state index contributed by atoms with van der Waals surface area (Å²) in [5, 5.41) is -1.53. The van der Waals surface area contributed by atoms with E-state index in [1.807, 2.05) is 13.8 Å². The molecule has 8 nitrogen and oxygen atoms in total. The molecule has 0 amide bonds. The Morgan fingerprint density at radius 1 is 0.413 bits per heavy atom. The zero-order valence-corrected chi connectivity index (χ0v) is 30.3. The van der Waals surface area contributed by atoms with Gasteiger partial charge in [0.1, 0.15) is 0 Å². The number of unbranched alkanes of at least 4 members (excludes halogenated alkanes) is 16. The summed E-state index contributed by atoms with van der Waals surface area (Å²) < 4.78 is 61.7. The van der Waals surface area contributed by atoms with Crippen molar-refractivity contribution < 1.29 is 34.8 Å². The van der Waals surface area contributed by atoms with Gasteiger partial charge in [-0.25, -0.2) is 0 Å². The fraction of sp³-hybridized carbons (Fsp3) is 0.941. The number of hydrogen-bond donors (Lipinski definition) is 0. The molecule has 266 valence electrons. The van der Waals surface area contributed by atoms with Gasteiger partial charge in [-0.05, 0) is 25.7 Å². The summed E-state index contributed by atoms with van der Waals surface area (Å²) in [6.45, 7) is 8.42. The number of hydrogen-bond acceptors (Lipinski definition) is 8. The number of carbonyl (C=O) groups is 2. The van der Waals surface area contributed by atoms with E-state index in [1.165, 1.54) is 38.5 Å². The molecule has 0 bridgehead atoms. The van der Waals surface area contributed by atoms with E-state index in [0.717, 1.165) is 89.9 Å². The van der Waals surface area contributed by atoms with Gasteiger partial charge in [0.05, 0.1) is 23.3 Å². The molecule has 0 N–H and O–H groups in total. The van der Waals surface area contributed by atoms with Gasteiger partial charge in [0.25, 0.3) is 0 Å². The summed E-state index contributed by atoms with van der Waals surface area (Å²) in [4.78, 5) is 24.9. The molecule has 0 aromatic carbocycles. The molecule has 0 radical (unpaired) electrons. The van der Waals surface area contributed by atoms with Gasteiger partial charge in [-0.1, -0.05) is 156 Å². The third kappa shape index (κ3) is 27.6. The second kappa shape index (κ2) is 33.0. The van der Waals surface area contributed by atoms with Gasteiger partial charge in [0, 0.05) is 0 Å². The summed E-state index contributed by atoms with van der Waals surface area (Å²) in [5.41, 5.74) is 0. The molecule has 0 saturated carbocycles. The molecule has 0 heterocycles. The Hall–Kier alpha value is 0.840. The van der Waals surface area contributed by atoms with Gasteiger partial charge < -0.3 is 8.37 Å². The first kappa shape index (κ1) is 51.2. The quantitative estimate of drug-likeness (QED) is 0.0399. The predicted octanol–water partition coefficient (Wildman–Crippen LogP) is 8.39. The molecule has 0 spiro atoms. The Bertz CT molecular complexity index is 867. The Balaban J connectivity index is -0.00000924. The van der Waals surface area contributed by atoms with Crippen LogP contribution in [0, 0.1) is 0 Å². The minimum absolute atomic E-state index is 0. The fourth-order valence-corrected chi connectivity index (χ4v) is 8.23. The van der Waals surface area contributed by atoms with E-state index >= 15 is 0 Å². The van der Waals surface area contributed by atoms with Crippen molar-refractivity contribution in [1.82, 2.24) is 0 Å². The van der Waals surface area contributed by atoms with Gasteiger partial charge in [-0.2, -0.15) is 16.8 Å². The van der Waals surface area contributed by atoms with Crippen LogP contribution < -0.4 is 0 Å². The molecule has 0 saturated heterocycles. The average molecular weight is 715 g/mol. The topological polar surface area (TPSA) is 121 Å². The van der Waals surface area contributed by atoms with Crippen LogP contribution in [-0.2, 0) is 38.2 Å². The zero-order valence-electron chi connectivity index (χ0n) is 28.6. The molecule has 12 heteroatoms. The molecule has 0 rings (SSSR count). The monoisotopic (exact) mass is 714 g/mol. The zero-order chi connectivity index (χ0) is 33.1. The Morgan fingerprint density at radius 2 is 0.630 bits per heavy atom. The molecule has 2 atom stereocenters. The Kier molecular flexibility index (Phi) is 36.8. The molecule has 0 fully saturated rings. The van der Waals surface area contributed by atoms with Crippen molar-refractivity contribution in [3.8, 4) is 0 Å². The van der Waals surface area contributed by atoms with Crippen LogP contribution in [0.3, 0.4) is 0 Å². The van der Waals surface area contributed by atoms with Crippen molar-refractivity contribution >= 4 is 91.3 Å². The third-order valence-corrected chi connectivity index (χ3v) is 11.7. The van der Waals surface area contributed by atoms with Crippen LogP contribution in [0.2, 0.25) is 0 Å². The van der Waals surface area contributed by atoms with Gasteiger partial charge in [0.2, 0.25) is 0 Å². The molecule has 2 unspecified atom stereocenters. The first-order valence-corrected chi connectivity index (χ1v) is 20.9. The van der Waals surface area contributed by atoms with Crippen molar-refractivity contribution in [3.05, 3.63) is 0 Å². The predicted molar refractivity (Wildman–Crippen MR) is 195 cm³/mol. The van der Waals surface area contributed by atoms with Crippen molar-refractivity contribution in [2.45, 2.75) is 205 Å². The first-order chi connectivity index (χ1) is 21.0. The standard InChI is InChI=1S/C34H66O8S2.2Na.2H/c1-5-9-13-15-17-19-23-27-31(25-21-11-7-3)43(37,38)41-33(35)29-30-34(36)42-44(39,40)32(26-22-12-8-4)28-24-20-18-16-14-10-6-2;;;;/h31-32H,5-30H2,1-4H3;;;;. The third-order valence-electron chi connectivity index (χ3n) is 8.29. The van der Waals surface area contributed by atoms with E-state index in [0.29, 0.717) is 25.7 Å². The first-order valence-electron chi connectivity index (χ1n) is 18.0. The van der Waals surface area contributed by atoms with Crippen LogP contribution in [0.1, 0.15) is 195 Å². The van der Waals surface area contributed by atoms with Gasteiger partial charge in [-0.3, -0.25) is 9.59 Å². The van der Waals surface area contributed by atoms with E-state index in [1.54, 1.807) is 0 Å². The summed E-state index contributed by atoms with van der Waals surface area (Å²) in [6, 6.07) is 0. The van der Waals surface area contributed by atoms with Crippen LogP contribution >= 0.6 is 0 Å². The normalized spacial score (nSPS) is 12.9. The number of rotatable bonds is 31. The van der Waals surface area contributed by atoms with E-state index < -0.39 is 55.5 Å². The molecular formula is C34H68Na2O8S2. The van der Waals surface area contributed by atoms with Crippen LogP contribution in [0.5, 0.6) is 0 Å². The van der Waals surface area contributed by atoms with Gasteiger partial charge >= 0.3 is 91.3 Å². The molecule has 0 aliphatic rings. The van der Waals surface area contributed by atoms with Crippen LogP contribution in [-0.4, -0.2) is 98.4 Å². The van der Waals surface area contributed by atoms with Crippen LogP contribution in [0.15, 0.2) is 0 Å². The molecular weight excluding hydrogens is 646 g/mol. The number of carbonyl (C=O) groups excluding carboxylic acids is 2. The fourth-order valence-electron chi connectivity index (χ4n) is 5.45. The van der Waals surface area contributed by atoms with Crippen LogP contribution in [0.4, 0.5) is 0 Å². The minimum atomic E-state index is -4.15. The van der Waals surface area contributed by atoms with Crippen molar-refractivity contribution in [2.75, 3.05) is 0 Å². The summed E-state index contributed by atoms with van der Waals surface area (Å²) in [6.07, 6.45) is 20.7. The van der Waals surface area contributed by atoms with Crippen molar-refractivity contribution in [2.24, 2.45) is 0 Å². The SMILES string of the molecule is CCCCCCCCCC(CCCCC)S(=O)(=O)OC(=O)CCC(=O)OS(=O)(=O)C(CCCCC)CCCCCCCCC.[NaH].[NaH]. The van der Waals surface area contributed by atoms with Crippen LogP contribution in [0.25, 0.3) is 0 Å². The Labute approximate surface area is 328 Å². The van der Waals surface area contributed by atoms with Gasteiger partial charge in [-0.15, -0.1) is 0 Å². The second-order valence-electron chi connectivity index (χ2n) is 12.5. The maximum atomic E-state index is 13.0. The summed E-state index contributed by atoms with van der Waals surface area (Å²) in [5.74, 6) is -2.11. The molecule has 0 aliphatic carbocycles. The summed E-state index contributed by atoms with van der Waals surface area (Å²) in [7, 11) is -8.31. The second-order valence-corrected chi connectivity index (χ2v) is 16.1. The molecule has 0 aromatic rings. The van der Waals surface area contributed by atoms with Gasteiger partial charge in [0.15, 0.2) is 0 Å². The maximum absolute atomic E-state index is 13.0. The van der Waals surface area contributed by atoms with E-state index in [4.69, 9.17) is 8.37 Å². The summed E-state index contributed by atoms with van der Waals surface area (Å²) >= 11 is 0. The average Bonchev–Trinajstić information content (AvgIpc) is 2.96. The van der Waals surface area contributed by atoms with E-state index in [9.17, 15) is 26.4 Å². The molecule has 46 heavy (non-hydrogen) atoms. The van der Waals surface area contributed by atoms with E-state index in [-0.39, 0.29) is 59.1 Å².